The van der Waals surface area contributed by atoms with Crippen molar-refractivity contribution in [3.63, 3.8) is 0 Å². The molecule has 0 aromatic heterocycles. The Morgan fingerprint density at radius 2 is 2.29 bits per heavy atom. The Bertz CT molecular complexity index is 347. The quantitative estimate of drug-likeness (QED) is 0.743. The molecule has 1 heterocycles. The van der Waals surface area contributed by atoms with Crippen LogP contribution in [0, 0.1) is 0 Å². The van der Waals surface area contributed by atoms with Gasteiger partial charge in [-0.3, -0.25) is 0 Å². The Morgan fingerprint density at radius 3 is 2.86 bits per heavy atom. The summed E-state index contributed by atoms with van der Waals surface area (Å²) in [7, 11) is 0. The average molecular weight is 193 g/mol. The minimum absolute atomic E-state index is 0.180. The zero-order chi connectivity index (χ0) is 9.97. The van der Waals surface area contributed by atoms with Crippen molar-refractivity contribution in [1.29, 1.82) is 0 Å². The number of nitrogens with one attached hydrogen (secondary N) is 1. The minimum Gasteiger partial charge on any atom is -0.488 e. The smallest absolute Gasteiger partial charge is 0.335 e. The van der Waals surface area contributed by atoms with Crippen molar-refractivity contribution < 1.29 is 14.6 Å². The molecule has 0 amide bonds. The standard InChI is InChI=1S/C10H11NO3/c12-10(13)7-2-1-3-8(4-7)14-9-5-11-6-9/h1-4,9,11H,5-6H2,(H,12,13). The largest absolute Gasteiger partial charge is 0.488 e. The molecular weight excluding hydrogens is 182 g/mol. The third-order valence-electron chi connectivity index (χ3n) is 2.13. The number of hydrogen-bond donors (Lipinski definition) is 2. The second kappa shape index (κ2) is 3.67. The number of ether oxygens (including phenoxy) is 1. The van der Waals surface area contributed by atoms with Crippen molar-refractivity contribution in [2.45, 2.75) is 6.10 Å². The highest BCUT2D eigenvalue weighted by Gasteiger charge is 2.18. The molecule has 1 aromatic rings. The first-order chi connectivity index (χ1) is 6.75. The van der Waals surface area contributed by atoms with E-state index < -0.39 is 5.97 Å². The molecular formula is C10H11NO3. The topological polar surface area (TPSA) is 58.6 Å². The molecule has 1 aliphatic heterocycles. The molecule has 1 fully saturated rings. The number of rotatable bonds is 3. The van der Waals surface area contributed by atoms with E-state index in [9.17, 15) is 4.79 Å². The van der Waals surface area contributed by atoms with Crippen molar-refractivity contribution in [3.05, 3.63) is 29.8 Å². The monoisotopic (exact) mass is 193 g/mol. The Balaban J connectivity index is 2.09. The van der Waals surface area contributed by atoms with Crippen LogP contribution in [-0.4, -0.2) is 30.3 Å². The van der Waals surface area contributed by atoms with Gasteiger partial charge in [0.1, 0.15) is 11.9 Å². The van der Waals surface area contributed by atoms with Gasteiger partial charge in [0.05, 0.1) is 5.56 Å². The Hall–Kier alpha value is -1.55. The predicted octanol–water partition coefficient (Wildman–Crippen LogP) is 0.735. The molecule has 2 rings (SSSR count). The molecule has 0 saturated carbocycles. The SMILES string of the molecule is O=C(O)c1cccc(OC2CNC2)c1. The van der Waals surface area contributed by atoms with Gasteiger partial charge in [0.2, 0.25) is 0 Å². The first-order valence-corrected chi connectivity index (χ1v) is 4.46. The Kier molecular flexibility index (Phi) is 2.37. The summed E-state index contributed by atoms with van der Waals surface area (Å²) in [6.45, 7) is 1.66. The first kappa shape index (κ1) is 9.02. The molecule has 4 heteroatoms. The van der Waals surface area contributed by atoms with Crippen LogP contribution in [0.25, 0.3) is 0 Å². The summed E-state index contributed by atoms with van der Waals surface area (Å²) in [5.74, 6) is -0.307. The lowest BCUT2D eigenvalue weighted by Gasteiger charge is -2.27. The molecule has 0 unspecified atom stereocenters. The van der Waals surface area contributed by atoms with Crippen molar-refractivity contribution in [1.82, 2.24) is 5.32 Å². The van der Waals surface area contributed by atoms with Crippen molar-refractivity contribution in [3.8, 4) is 5.75 Å². The van der Waals surface area contributed by atoms with Crippen LogP contribution in [-0.2, 0) is 0 Å². The van der Waals surface area contributed by atoms with Crippen LogP contribution < -0.4 is 10.1 Å². The maximum Gasteiger partial charge on any atom is 0.335 e. The lowest BCUT2D eigenvalue weighted by atomic mass is 10.2. The summed E-state index contributed by atoms with van der Waals surface area (Å²) < 4.78 is 5.52. The van der Waals surface area contributed by atoms with Crippen LogP contribution in [0.1, 0.15) is 10.4 Å². The van der Waals surface area contributed by atoms with Crippen molar-refractivity contribution in [2.24, 2.45) is 0 Å². The molecule has 1 saturated heterocycles. The molecule has 2 N–H and O–H groups in total. The fourth-order valence-electron chi connectivity index (χ4n) is 1.24. The van der Waals surface area contributed by atoms with Gasteiger partial charge in [-0.1, -0.05) is 6.07 Å². The number of hydrogen-bond acceptors (Lipinski definition) is 3. The zero-order valence-electron chi connectivity index (χ0n) is 7.56. The van der Waals surface area contributed by atoms with Gasteiger partial charge in [-0.25, -0.2) is 4.79 Å². The number of carboxylic acid groups (broad SMARTS) is 1. The summed E-state index contributed by atoms with van der Waals surface area (Å²) in [5.41, 5.74) is 0.259. The highest BCUT2D eigenvalue weighted by Crippen LogP contribution is 2.15. The molecule has 0 atom stereocenters. The van der Waals surface area contributed by atoms with Crippen molar-refractivity contribution in [2.75, 3.05) is 13.1 Å². The van der Waals surface area contributed by atoms with E-state index in [0.717, 1.165) is 13.1 Å². The van der Waals surface area contributed by atoms with Gasteiger partial charge in [0.15, 0.2) is 0 Å². The van der Waals surface area contributed by atoms with Gasteiger partial charge in [-0.15, -0.1) is 0 Å². The maximum atomic E-state index is 10.7. The van der Waals surface area contributed by atoms with Crippen LogP contribution >= 0.6 is 0 Å². The molecule has 4 nitrogen and oxygen atoms in total. The molecule has 0 aliphatic carbocycles. The van der Waals surface area contributed by atoms with E-state index in [1.807, 2.05) is 0 Å². The number of benzene rings is 1. The third-order valence-corrected chi connectivity index (χ3v) is 2.13. The van der Waals surface area contributed by atoms with Crippen LogP contribution in [0.3, 0.4) is 0 Å². The van der Waals surface area contributed by atoms with Crippen molar-refractivity contribution >= 4 is 5.97 Å². The van der Waals surface area contributed by atoms with Crippen LogP contribution in [0.2, 0.25) is 0 Å². The fraction of sp³-hybridized carbons (Fsp3) is 0.300. The summed E-state index contributed by atoms with van der Waals surface area (Å²) in [6.07, 6.45) is 0.180. The lowest BCUT2D eigenvalue weighted by molar-refractivity contribution is 0.0695. The average Bonchev–Trinajstić information content (AvgIpc) is 2.12. The van der Waals surface area contributed by atoms with E-state index in [1.165, 1.54) is 0 Å². The van der Waals surface area contributed by atoms with Gasteiger partial charge in [-0.05, 0) is 18.2 Å². The van der Waals surface area contributed by atoms with Gasteiger partial charge in [0.25, 0.3) is 0 Å². The predicted molar refractivity (Wildman–Crippen MR) is 50.7 cm³/mol. The van der Waals surface area contributed by atoms with Gasteiger partial charge in [-0.2, -0.15) is 0 Å². The Morgan fingerprint density at radius 1 is 1.50 bits per heavy atom. The van der Waals surface area contributed by atoms with Crippen LogP contribution in [0.4, 0.5) is 0 Å². The molecule has 1 aromatic carbocycles. The van der Waals surface area contributed by atoms with Gasteiger partial charge in [0, 0.05) is 13.1 Å². The van der Waals surface area contributed by atoms with Crippen LogP contribution in [0.15, 0.2) is 24.3 Å². The molecule has 1 aliphatic rings. The third kappa shape index (κ3) is 1.85. The summed E-state index contributed by atoms with van der Waals surface area (Å²) in [5, 5.41) is 11.8. The van der Waals surface area contributed by atoms with Gasteiger partial charge < -0.3 is 15.2 Å². The van der Waals surface area contributed by atoms with E-state index in [-0.39, 0.29) is 11.7 Å². The zero-order valence-corrected chi connectivity index (χ0v) is 7.56. The number of carboxylic acids is 1. The maximum absolute atomic E-state index is 10.7. The van der Waals surface area contributed by atoms with E-state index >= 15 is 0 Å². The van der Waals surface area contributed by atoms with E-state index in [2.05, 4.69) is 5.32 Å². The Labute approximate surface area is 81.5 Å². The minimum atomic E-state index is -0.929. The second-order valence-electron chi connectivity index (χ2n) is 3.23. The molecule has 74 valence electrons. The van der Waals surface area contributed by atoms with E-state index in [1.54, 1.807) is 24.3 Å². The first-order valence-electron chi connectivity index (χ1n) is 4.46. The molecule has 0 spiro atoms. The van der Waals surface area contributed by atoms with Crippen LogP contribution in [0.5, 0.6) is 5.75 Å². The van der Waals surface area contributed by atoms with Gasteiger partial charge >= 0.3 is 5.97 Å². The fourth-order valence-corrected chi connectivity index (χ4v) is 1.24. The molecule has 0 bridgehead atoms. The van der Waals surface area contributed by atoms with E-state index in [0.29, 0.717) is 5.75 Å². The molecule has 14 heavy (non-hydrogen) atoms. The normalized spacial score (nSPS) is 16.0. The molecule has 0 radical (unpaired) electrons. The summed E-state index contributed by atoms with van der Waals surface area (Å²) in [4.78, 5) is 10.7. The highest BCUT2D eigenvalue weighted by atomic mass is 16.5. The summed E-state index contributed by atoms with van der Waals surface area (Å²) >= 11 is 0. The van der Waals surface area contributed by atoms with E-state index in [4.69, 9.17) is 9.84 Å². The second-order valence-corrected chi connectivity index (χ2v) is 3.23. The number of aromatic carboxylic acids is 1. The lowest BCUT2D eigenvalue weighted by Crippen LogP contribution is -2.50. The summed E-state index contributed by atoms with van der Waals surface area (Å²) in [6, 6.07) is 6.55. The highest BCUT2D eigenvalue weighted by molar-refractivity contribution is 5.87. The number of carbonyl (C=O) groups is 1.